The summed E-state index contributed by atoms with van der Waals surface area (Å²) in [6.45, 7) is 4.59. The van der Waals surface area contributed by atoms with Gasteiger partial charge in [-0.05, 0) is 31.6 Å². The second-order valence-electron chi connectivity index (χ2n) is 5.48. The molecule has 1 aromatic heterocycles. The molecule has 18 heavy (non-hydrogen) atoms. The summed E-state index contributed by atoms with van der Waals surface area (Å²) in [5.41, 5.74) is 0. The lowest BCUT2D eigenvalue weighted by atomic mass is 9.97. The van der Waals surface area contributed by atoms with Gasteiger partial charge in [-0.3, -0.25) is 0 Å². The first-order valence-electron chi connectivity index (χ1n) is 7.48. The average Bonchev–Trinajstić information content (AvgIpc) is 2.83. The van der Waals surface area contributed by atoms with Gasteiger partial charge in [0.25, 0.3) is 0 Å². The SMILES string of the molecule is CCC1CCCC(NC(CC)c2nccs2)CC1. The van der Waals surface area contributed by atoms with Crippen molar-refractivity contribution < 1.29 is 0 Å². The fourth-order valence-electron chi connectivity index (χ4n) is 3.01. The van der Waals surface area contributed by atoms with Crippen molar-refractivity contribution in [3.8, 4) is 0 Å². The van der Waals surface area contributed by atoms with Gasteiger partial charge in [0.05, 0.1) is 6.04 Å². The summed E-state index contributed by atoms with van der Waals surface area (Å²) in [4.78, 5) is 4.46. The summed E-state index contributed by atoms with van der Waals surface area (Å²) >= 11 is 1.78. The number of nitrogens with one attached hydrogen (secondary N) is 1. The number of hydrogen-bond acceptors (Lipinski definition) is 3. The highest BCUT2D eigenvalue weighted by Crippen LogP contribution is 2.28. The first-order valence-corrected chi connectivity index (χ1v) is 8.36. The zero-order chi connectivity index (χ0) is 12.8. The summed E-state index contributed by atoms with van der Waals surface area (Å²) in [5.74, 6) is 0.969. The van der Waals surface area contributed by atoms with E-state index in [1.807, 2.05) is 6.20 Å². The van der Waals surface area contributed by atoms with Gasteiger partial charge < -0.3 is 5.32 Å². The summed E-state index contributed by atoms with van der Waals surface area (Å²) in [6.07, 6.45) is 11.3. The molecule has 2 nitrogen and oxygen atoms in total. The molecule has 2 rings (SSSR count). The number of aromatic nitrogens is 1. The molecule has 0 aliphatic heterocycles. The number of nitrogens with zero attached hydrogens (tertiary/aromatic N) is 1. The Bertz CT molecular complexity index is 323. The Balaban J connectivity index is 1.88. The molecule has 1 saturated carbocycles. The third kappa shape index (κ3) is 3.79. The second kappa shape index (κ2) is 7.25. The number of rotatable bonds is 5. The van der Waals surface area contributed by atoms with E-state index in [1.165, 1.54) is 43.5 Å². The van der Waals surface area contributed by atoms with E-state index >= 15 is 0 Å². The normalized spacial score (nSPS) is 26.8. The van der Waals surface area contributed by atoms with E-state index in [4.69, 9.17) is 0 Å². The standard InChI is InChI=1S/C15H26N2S/c1-3-12-6-5-7-13(9-8-12)17-14(4-2)15-16-10-11-18-15/h10-14,17H,3-9H2,1-2H3. The molecule has 0 radical (unpaired) electrons. The summed E-state index contributed by atoms with van der Waals surface area (Å²) in [7, 11) is 0. The molecule has 1 aliphatic rings. The highest BCUT2D eigenvalue weighted by molar-refractivity contribution is 7.09. The van der Waals surface area contributed by atoms with Crippen molar-refractivity contribution in [2.24, 2.45) is 5.92 Å². The molecule has 3 atom stereocenters. The third-order valence-electron chi connectivity index (χ3n) is 4.26. The van der Waals surface area contributed by atoms with Crippen LogP contribution in [0.2, 0.25) is 0 Å². The molecule has 0 spiro atoms. The highest BCUT2D eigenvalue weighted by Gasteiger charge is 2.21. The fourth-order valence-corrected chi connectivity index (χ4v) is 3.79. The van der Waals surface area contributed by atoms with E-state index in [-0.39, 0.29) is 0 Å². The van der Waals surface area contributed by atoms with Crippen LogP contribution in [0.4, 0.5) is 0 Å². The molecule has 102 valence electrons. The van der Waals surface area contributed by atoms with Crippen molar-refractivity contribution >= 4 is 11.3 Å². The lowest BCUT2D eigenvalue weighted by Crippen LogP contribution is -2.32. The van der Waals surface area contributed by atoms with Crippen LogP contribution in [-0.2, 0) is 0 Å². The molecule has 0 aromatic carbocycles. The molecule has 1 aliphatic carbocycles. The minimum Gasteiger partial charge on any atom is -0.305 e. The summed E-state index contributed by atoms with van der Waals surface area (Å²) < 4.78 is 0. The summed E-state index contributed by atoms with van der Waals surface area (Å²) in [6, 6.07) is 1.17. The Labute approximate surface area is 115 Å². The zero-order valence-electron chi connectivity index (χ0n) is 11.7. The van der Waals surface area contributed by atoms with Crippen LogP contribution in [0.3, 0.4) is 0 Å². The molecule has 0 amide bonds. The molecule has 1 fully saturated rings. The van der Waals surface area contributed by atoms with E-state index in [0.717, 1.165) is 12.3 Å². The molecule has 0 bridgehead atoms. The topological polar surface area (TPSA) is 24.9 Å². The van der Waals surface area contributed by atoms with Crippen molar-refractivity contribution in [1.82, 2.24) is 10.3 Å². The van der Waals surface area contributed by atoms with Gasteiger partial charge in [-0.15, -0.1) is 11.3 Å². The van der Waals surface area contributed by atoms with Crippen molar-refractivity contribution in [3.63, 3.8) is 0 Å². The van der Waals surface area contributed by atoms with E-state index in [9.17, 15) is 0 Å². The van der Waals surface area contributed by atoms with Gasteiger partial charge in [-0.25, -0.2) is 4.98 Å². The van der Waals surface area contributed by atoms with Crippen LogP contribution < -0.4 is 5.32 Å². The van der Waals surface area contributed by atoms with Crippen LogP contribution in [0.15, 0.2) is 11.6 Å². The Hall–Kier alpha value is -0.410. The first-order chi connectivity index (χ1) is 8.83. The maximum atomic E-state index is 4.46. The molecular weight excluding hydrogens is 240 g/mol. The van der Waals surface area contributed by atoms with Gasteiger partial charge >= 0.3 is 0 Å². The molecule has 1 heterocycles. The van der Waals surface area contributed by atoms with Crippen LogP contribution in [-0.4, -0.2) is 11.0 Å². The molecule has 3 heteroatoms. The molecule has 3 unspecified atom stereocenters. The van der Waals surface area contributed by atoms with Gasteiger partial charge in [0, 0.05) is 17.6 Å². The number of thiazole rings is 1. The van der Waals surface area contributed by atoms with Crippen LogP contribution in [0.25, 0.3) is 0 Å². The number of hydrogen-bond donors (Lipinski definition) is 1. The maximum Gasteiger partial charge on any atom is 0.109 e. The zero-order valence-corrected chi connectivity index (χ0v) is 12.5. The predicted octanol–water partition coefficient (Wildman–Crippen LogP) is 4.54. The van der Waals surface area contributed by atoms with Gasteiger partial charge in [-0.2, -0.15) is 0 Å². The first kappa shape index (κ1) is 14.0. The van der Waals surface area contributed by atoms with Crippen LogP contribution in [0.1, 0.15) is 69.8 Å². The Morgan fingerprint density at radius 2 is 2.22 bits per heavy atom. The Morgan fingerprint density at radius 3 is 2.89 bits per heavy atom. The Kier molecular flexibility index (Phi) is 5.64. The highest BCUT2D eigenvalue weighted by atomic mass is 32.1. The Morgan fingerprint density at radius 1 is 1.33 bits per heavy atom. The van der Waals surface area contributed by atoms with E-state index in [2.05, 4.69) is 29.5 Å². The summed E-state index contributed by atoms with van der Waals surface area (Å²) in [5, 5.41) is 7.18. The average molecular weight is 266 g/mol. The van der Waals surface area contributed by atoms with Crippen molar-refractivity contribution in [1.29, 1.82) is 0 Å². The van der Waals surface area contributed by atoms with Gasteiger partial charge in [0.1, 0.15) is 5.01 Å². The van der Waals surface area contributed by atoms with E-state index < -0.39 is 0 Å². The lowest BCUT2D eigenvalue weighted by molar-refractivity contribution is 0.382. The largest absolute Gasteiger partial charge is 0.305 e. The molecule has 1 aromatic rings. The molecular formula is C15H26N2S. The van der Waals surface area contributed by atoms with Crippen LogP contribution >= 0.6 is 11.3 Å². The van der Waals surface area contributed by atoms with Crippen molar-refractivity contribution in [2.75, 3.05) is 0 Å². The third-order valence-corrected chi connectivity index (χ3v) is 5.15. The quantitative estimate of drug-likeness (QED) is 0.791. The lowest BCUT2D eigenvalue weighted by Gasteiger charge is -2.22. The van der Waals surface area contributed by atoms with Crippen molar-refractivity contribution in [2.45, 2.75) is 70.9 Å². The van der Waals surface area contributed by atoms with Gasteiger partial charge in [-0.1, -0.05) is 33.1 Å². The second-order valence-corrected chi connectivity index (χ2v) is 6.40. The van der Waals surface area contributed by atoms with Crippen molar-refractivity contribution in [3.05, 3.63) is 16.6 Å². The minimum atomic E-state index is 0.466. The van der Waals surface area contributed by atoms with Crippen LogP contribution in [0, 0.1) is 5.92 Å². The smallest absolute Gasteiger partial charge is 0.109 e. The predicted molar refractivity (Wildman–Crippen MR) is 78.9 cm³/mol. The molecule has 0 saturated heterocycles. The maximum absolute atomic E-state index is 4.46. The van der Waals surface area contributed by atoms with Gasteiger partial charge in [0.2, 0.25) is 0 Å². The fraction of sp³-hybridized carbons (Fsp3) is 0.800. The van der Waals surface area contributed by atoms with E-state index in [0.29, 0.717) is 12.1 Å². The van der Waals surface area contributed by atoms with Crippen LogP contribution in [0.5, 0.6) is 0 Å². The van der Waals surface area contributed by atoms with E-state index in [1.54, 1.807) is 11.3 Å². The molecule has 1 N–H and O–H groups in total. The minimum absolute atomic E-state index is 0.466. The van der Waals surface area contributed by atoms with Gasteiger partial charge in [0.15, 0.2) is 0 Å². The monoisotopic (exact) mass is 266 g/mol.